The lowest BCUT2D eigenvalue weighted by Crippen LogP contribution is -2.67. The number of piperidine rings is 1. The van der Waals surface area contributed by atoms with Crippen molar-refractivity contribution in [2.24, 2.45) is 11.8 Å². The number of hydrogen-bond donors (Lipinski definition) is 1. The Morgan fingerprint density at radius 1 is 0.821 bits per heavy atom. The molecule has 1 spiro atoms. The molecule has 0 radical (unpaired) electrons. The largest absolute Gasteiger partial charge is 0.497 e. The molecule has 1 N–H and O–H groups in total. The molecule has 6 atom stereocenters. The Morgan fingerprint density at radius 3 is 2.13 bits per heavy atom. The van der Waals surface area contributed by atoms with Crippen LogP contribution in [0.5, 0.6) is 5.75 Å². The van der Waals surface area contributed by atoms with Crippen LogP contribution in [0.15, 0.2) is 84.9 Å². The van der Waals surface area contributed by atoms with Crippen LogP contribution in [0.1, 0.15) is 42.4 Å². The Labute approximate surface area is 232 Å². The molecular formula is C34H41NO4. The van der Waals surface area contributed by atoms with Gasteiger partial charge in [0.05, 0.1) is 32.5 Å². The van der Waals surface area contributed by atoms with Crippen LogP contribution in [0.2, 0.25) is 0 Å². The number of ether oxygens (including phenoxy) is 3. The third kappa shape index (κ3) is 5.64. The molecule has 39 heavy (non-hydrogen) atoms. The van der Waals surface area contributed by atoms with Crippen LogP contribution in [-0.2, 0) is 29.1 Å². The Balaban J connectivity index is 1.31. The molecule has 3 aromatic carbocycles. The summed E-state index contributed by atoms with van der Waals surface area (Å²) in [5.74, 6) is 1.50. The van der Waals surface area contributed by atoms with Gasteiger partial charge in [-0.2, -0.15) is 0 Å². The summed E-state index contributed by atoms with van der Waals surface area (Å²) in [7, 11) is 1.71. The first-order valence-electron chi connectivity index (χ1n) is 14.5. The molecule has 6 rings (SSSR count). The van der Waals surface area contributed by atoms with Crippen molar-refractivity contribution in [1.82, 2.24) is 4.90 Å². The van der Waals surface area contributed by atoms with Crippen LogP contribution in [-0.4, -0.2) is 54.1 Å². The molecule has 2 saturated heterocycles. The Bertz CT molecular complexity index is 1190. The van der Waals surface area contributed by atoms with Crippen molar-refractivity contribution < 1.29 is 19.3 Å². The lowest BCUT2D eigenvalue weighted by Gasteiger charge is -2.58. The normalized spacial score (nSPS) is 30.2. The number of methoxy groups -OCH3 is 1. The summed E-state index contributed by atoms with van der Waals surface area (Å²) in [6.45, 7) is 2.41. The predicted octanol–water partition coefficient (Wildman–Crippen LogP) is 5.64. The van der Waals surface area contributed by atoms with Crippen molar-refractivity contribution >= 4 is 0 Å². The Kier molecular flexibility index (Phi) is 8.03. The molecule has 2 bridgehead atoms. The van der Waals surface area contributed by atoms with E-state index in [2.05, 4.69) is 89.8 Å². The number of benzene rings is 3. The minimum absolute atomic E-state index is 0.0407. The van der Waals surface area contributed by atoms with E-state index in [1.54, 1.807) is 7.11 Å². The lowest BCUT2D eigenvalue weighted by atomic mass is 9.64. The highest BCUT2D eigenvalue weighted by Gasteiger charge is 2.59. The molecule has 0 amide bonds. The van der Waals surface area contributed by atoms with E-state index in [4.69, 9.17) is 14.2 Å². The van der Waals surface area contributed by atoms with Crippen LogP contribution in [0.25, 0.3) is 0 Å². The second kappa shape index (κ2) is 11.8. The van der Waals surface area contributed by atoms with Gasteiger partial charge in [-0.05, 0) is 66.8 Å². The van der Waals surface area contributed by atoms with E-state index < -0.39 is 0 Å². The molecule has 2 aliphatic heterocycles. The number of rotatable bonds is 10. The van der Waals surface area contributed by atoms with Gasteiger partial charge in [0.2, 0.25) is 0 Å². The van der Waals surface area contributed by atoms with Crippen LogP contribution in [0, 0.1) is 11.8 Å². The molecule has 5 heteroatoms. The zero-order valence-electron chi connectivity index (χ0n) is 23.0. The third-order valence-corrected chi connectivity index (χ3v) is 9.38. The van der Waals surface area contributed by atoms with Crippen LogP contribution < -0.4 is 4.74 Å². The molecule has 2 heterocycles. The third-order valence-electron chi connectivity index (χ3n) is 9.38. The van der Waals surface area contributed by atoms with Gasteiger partial charge in [0.25, 0.3) is 0 Å². The molecule has 5 unspecified atom stereocenters. The minimum Gasteiger partial charge on any atom is -0.497 e. The van der Waals surface area contributed by atoms with Crippen LogP contribution in [0.3, 0.4) is 0 Å². The molecule has 1 saturated carbocycles. The van der Waals surface area contributed by atoms with E-state index in [9.17, 15) is 5.11 Å². The molecule has 3 fully saturated rings. The fourth-order valence-electron chi connectivity index (χ4n) is 7.55. The predicted molar refractivity (Wildman–Crippen MR) is 152 cm³/mol. The maximum Gasteiger partial charge on any atom is 0.118 e. The maximum atomic E-state index is 10.2. The molecular weight excluding hydrogens is 486 g/mol. The van der Waals surface area contributed by atoms with E-state index in [1.165, 1.54) is 16.7 Å². The molecule has 0 aromatic heterocycles. The van der Waals surface area contributed by atoms with E-state index in [-0.39, 0.29) is 30.4 Å². The minimum atomic E-state index is 0.0407. The first kappa shape index (κ1) is 26.5. The summed E-state index contributed by atoms with van der Waals surface area (Å²) < 4.78 is 19.1. The van der Waals surface area contributed by atoms with Crippen molar-refractivity contribution in [2.45, 2.75) is 69.1 Å². The van der Waals surface area contributed by atoms with E-state index in [1.807, 2.05) is 0 Å². The Morgan fingerprint density at radius 2 is 1.49 bits per heavy atom. The Hall–Kier alpha value is -2.70. The molecule has 1 aliphatic carbocycles. The van der Waals surface area contributed by atoms with Gasteiger partial charge in [0, 0.05) is 30.7 Å². The SMILES string of the molecule is COc1ccc(CC2C(OCc3ccccc3)C3CC4(CCC3OCc3ccccc3)C[C@H](CO)CN24)cc1. The first-order valence-corrected chi connectivity index (χ1v) is 14.5. The van der Waals surface area contributed by atoms with Crippen molar-refractivity contribution in [2.75, 3.05) is 20.3 Å². The first-order chi connectivity index (χ1) is 19.2. The zero-order chi connectivity index (χ0) is 26.7. The van der Waals surface area contributed by atoms with Gasteiger partial charge in [0.15, 0.2) is 0 Å². The molecule has 5 nitrogen and oxygen atoms in total. The summed E-state index contributed by atoms with van der Waals surface area (Å²) >= 11 is 0. The second-order valence-electron chi connectivity index (χ2n) is 11.8. The van der Waals surface area contributed by atoms with Gasteiger partial charge in [-0.3, -0.25) is 4.90 Å². The summed E-state index contributed by atoms with van der Waals surface area (Å²) in [6.07, 6.45) is 5.39. The number of aliphatic hydroxyl groups is 1. The van der Waals surface area contributed by atoms with E-state index >= 15 is 0 Å². The van der Waals surface area contributed by atoms with Gasteiger partial charge in [-0.15, -0.1) is 0 Å². The standard InChI is InChI=1S/C34H41NO4/c1-37-29-14-12-25(13-15-29)18-31-33(39-24-27-10-6-3-7-11-27)30-20-34(19-28(22-36)21-35(31)34)17-16-32(30)38-23-26-8-4-2-5-9-26/h2-15,28,30-33,36H,16-24H2,1H3/t28-,30?,31?,32?,33?,34?/m0/s1. The van der Waals surface area contributed by atoms with Gasteiger partial charge in [-0.25, -0.2) is 0 Å². The summed E-state index contributed by atoms with van der Waals surface area (Å²) in [6, 6.07) is 29.7. The van der Waals surface area contributed by atoms with E-state index in [0.717, 1.165) is 44.4 Å². The summed E-state index contributed by atoms with van der Waals surface area (Å²) in [5, 5.41) is 10.2. The van der Waals surface area contributed by atoms with Gasteiger partial charge in [0.1, 0.15) is 5.75 Å². The fraction of sp³-hybridized carbons (Fsp3) is 0.471. The highest BCUT2D eigenvalue weighted by Crippen LogP contribution is 2.54. The van der Waals surface area contributed by atoms with Crippen molar-refractivity contribution in [3.8, 4) is 5.75 Å². The number of aliphatic hydroxyl groups excluding tert-OH is 1. The van der Waals surface area contributed by atoms with Crippen LogP contribution in [0.4, 0.5) is 0 Å². The molecule has 206 valence electrons. The molecule has 3 aliphatic rings. The van der Waals surface area contributed by atoms with E-state index in [0.29, 0.717) is 25.0 Å². The van der Waals surface area contributed by atoms with Crippen molar-refractivity contribution in [3.05, 3.63) is 102 Å². The molecule has 3 aromatic rings. The average Bonchev–Trinajstić information content (AvgIpc) is 3.35. The van der Waals surface area contributed by atoms with Crippen molar-refractivity contribution in [1.29, 1.82) is 0 Å². The maximum absolute atomic E-state index is 10.2. The number of hydrogen-bond acceptors (Lipinski definition) is 5. The number of fused-ring (bicyclic) bond motifs is 1. The highest BCUT2D eigenvalue weighted by atomic mass is 16.5. The monoisotopic (exact) mass is 527 g/mol. The van der Waals surface area contributed by atoms with Gasteiger partial charge < -0.3 is 19.3 Å². The topological polar surface area (TPSA) is 51.2 Å². The highest BCUT2D eigenvalue weighted by molar-refractivity contribution is 5.29. The summed E-state index contributed by atoms with van der Waals surface area (Å²) in [5.41, 5.74) is 3.82. The smallest absolute Gasteiger partial charge is 0.118 e. The average molecular weight is 528 g/mol. The van der Waals surface area contributed by atoms with Crippen molar-refractivity contribution in [3.63, 3.8) is 0 Å². The van der Waals surface area contributed by atoms with Gasteiger partial charge >= 0.3 is 0 Å². The fourth-order valence-corrected chi connectivity index (χ4v) is 7.55. The van der Waals surface area contributed by atoms with Gasteiger partial charge in [-0.1, -0.05) is 72.8 Å². The second-order valence-corrected chi connectivity index (χ2v) is 11.8. The lowest BCUT2D eigenvalue weighted by molar-refractivity contribution is -0.184. The number of nitrogens with zero attached hydrogens (tertiary/aromatic N) is 1. The summed E-state index contributed by atoms with van der Waals surface area (Å²) in [4.78, 5) is 2.73. The van der Waals surface area contributed by atoms with Crippen LogP contribution >= 0.6 is 0 Å². The zero-order valence-corrected chi connectivity index (χ0v) is 23.0. The quantitative estimate of drug-likeness (QED) is 0.370.